The summed E-state index contributed by atoms with van der Waals surface area (Å²) in [5.74, 6) is 0.197. The lowest BCUT2D eigenvalue weighted by molar-refractivity contribution is 0.102. The summed E-state index contributed by atoms with van der Waals surface area (Å²) in [7, 11) is 0. The summed E-state index contributed by atoms with van der Waals surface area (Å²) in [5, 5.41) is 6.83. The van der Waals surface area contributed by atoms with Crippen LogP contribution in [0, 0.1) is 6.92 Å². The molecule has 0 unspecified atom stereocenters. The second-order valence-electron chi connectivity index (χ2n) is 4.13. The van der Waals surface area contributed by atoms with Crippen LogP contribution in [0.5, 0.6) is 0 Å². The van der Waals surface area contributed by atoms with Gasteiger partial charge in [0.1, 0.15) is 5.82 Å². The molecule has 0 aromatic carbocycles. The molecule has 0 fully saturated rings. The van der Waals surface area contributed by atoms with E-state index >= 15 is 0 Å². The molecule has 0 aliphatic carbocycles. The number of anilines is 1. The average molecular weight is 253 g/mol. The molecule has 0 bridgehead atoms. The Morgan fingerprint density at radius 3 is 2.95 bits per heavy atom. The van der Waals surface area contributed by atoms with Gasteiger partial charge in [-0.1, -0.05) is 6.07 Å². The molecular formula is C13H11N5O. The molecule has 19 heavy (non-hydrogen) atoms. The smallest absolute Gasteiger partial charge is 0.277 e. The normalized spacial score (nSPS) is 10.6. The van der Waals surface area contributed by atoms with E-state index in [1.54, 1.807) is 41.3 Å². The van der Waals surface area contributed by atoms with Crippen LogP contribution < -0.4 is 5.32 Å². The van der Waals surface area contributed by atoms with Gasteiger partial charge in [0, 0.05) is 24.7 Å². The van der Waals surface area contributed by atoms with Crippen LogP contribution in [-0.2, 0) is 0 Å². The zero-order valence-electron chi connectivity index (χ0n) is 10.2. The quantitative estimate of drug-likeness (QED) is 0.754. The van der Waals surface area contributed by atoms with Gasteiger partial charge in [-0.2, -0.15) is 5.10 Å². The van der Waals surface area contributed by atoms with Crippen molar-refractivity contribution in [3.8, 4) is 0 Å². The minimum absolute atomic E-state index is 0.304. The van der Waals surface area contributed by atoms with Gasteiger partial charge in [0.05, 0.1) is 0 Å². The largest absolute Gasteiger partial charge is 0.305 e. The molecule has 3 heterocycles. The fraction of sp³-hybridized carbons (Fsp3) is 0.0769. The molecule has 6 heteroatoms. The summed E-state index contributed by atoms with van der Waals surface area (Å²) < 4.78 is 1.55. The van der Waals surface area contributed by atoms with E-state index in [0.717, 1.165) is 5.56 Å². The highest BCUT2D eigenvalue weighted by Gasteiger charge is 2.11. The summed E-state index contributed by atoms with van der Waals surface area (Å²) in [6.45, 7) is 1.94. The standard InChI is InChI=1S/C13H11N5O/c1-9-3-4-11(15-8-9)16-13(19)10-7-12-14-5-2-6-18(12)17-10/h2-8H,1H3,(H,15,16,19). The zero-order chi connectivity index (χ0) is 13.2. The molecule has 3 aromatic rings. The summed E-state index contributed by atoms with van der Waals surface area (Å²) in [4.78, 5) is 20.2. The van der Waals surface area contributed by atoms with Crippen molar-refractivity contribution >= 4 is 17.4 Å². The molecule has 0 atom stereocenters. The number of aryl methyl sites for hydroxylation is 1. The maximum absolute atomic E-state index is 12.0. The van der Waals surface area contributed by atoms with Crippen LogP contribution in [0.15, 0.2) is 42.9 Å². The molecule has 0 spiro atoms. The lowest BCUT2D eigenvalue weighted by atomic mass is 10.3. The summed E-state index contributed by atoms with van der Waals surface area (Å²) in [6.07, 6.45) is 5.09. The van der Waals surface area contributed by atoms with Crippen molar-refractivity contribution in [2.75, 3.05) is 5.32 Å². The number of pyridine rings is 1. The Labute approximate surface area is 109 Å². The molecule has 94 valence electrons. The Morgan fingerprint density at radius 1 is 1.32 bits per heavy atom. The van der Waals surface area contributed by atoms with Gasteiger partial charge in [0.2, 0.25) is 0 Å². The third-order valence-corrected chi connectivity index (χ3v) is 2.62. The van der Waals surface area contributed by atoms with E-state index < -0.39 is 0 Å². The highest BCUT2D eigenvalue weighted by molar-refractivity contribution is 6.02. The van der Waals surface area contributed by atoms with Crippen LogP contribution in [0.2, 0.25) is 0 Å². The first-order chi connectivity index (χ1) is 9.22. The Bertz CT molecular complexity index is 699. The van der Waals surface area contributed by atoms with E-state index in [4.69, 9.17) is 0 Å². The molecule has 0 aliphatic rings. The van der Waals surface area contributed by atoms with Gasteiger partial charge < -0.3 is 5.32 Å². The van der Waals surface area contributed by atoms with Crippen molar-refractivity contribution in [3.05, 3.63) is 54.1 Å². The minimum atomic E-state index is -0.304. The van der Waals surface area contributed by atoms with E-state index in [0.29, 0.717) is 17.2 Å². The number of nitrogens with zero attached hydrogens (tertiary/aromatic N) is 4. The average Bonchev–Trinajstić information content (AvgIpc) is 2.85. The van der Waals surface area contributed by atoms with Gasteiger partial charge in [-0.3, -0.25) is 4.79 Å². The molecule has 1 N–H and O–H groups in total. The van der Waals surface area contributed by atoms with Gasteiger partial charge in [-0.25, -0.2) is 14.5 Å². The van der Waals surface area contributed by atoms with Crippen LogP contribution in [-0.4, -0.2) is 25.5 Å². The third-order valence-electron chi connectivity index (χ3n) is 2.62. The molecule has 0 radical (unpaired) electrons. The molecule has 0 saturated carbocycles. The van der Waals surface area contributed by atoms with Crippen molar-refractivity contribution in [2.24, 2.45) is 0 Å². The predicted octanol–water partition coefficient (Wildman–Crippen LogP) is 1.69. The molecule has 0 saturated heterocycles. The van der Waals surface area contributed by atoms with Crippen LogP contribution in [0.25, 0.3) is 5.65 Å². The number of rotatable bonds is 2. The fourth-order valence-electron chi connectivity index (χ4n) is 1.66. The van der Waals surface area contributed by atoms with Crippen LogP contribution >= 0.6 is 0 Å². The monoisotopic (exact) mass is 253 g/mol. The number of aromatic nitrogens is 4. The fourth-order valence-corrected chi connectivity index (χ4v) is 1.66. The zero-order valence-corrected chi connectivity index (χ0v) is 10.2. The molecule has 6 nitrogen and oxygen atoms in total. The minimum Gasteiger partial charge on any atom is -0.305 e. The summed E-state index contributed by atoms with van der Waals surface area (Å²) in [6, 6.07) is 7.02. The summed E-state index contributed by atoms with van der Waals surface area (Å²) in [5.41, 5.74) is 1.97. The second kappa shape index (κ2) is 4.49. The molecular weight excluding hydrogens is 242 g/mol. The SMILES string of the molecule is Cc1ccc(NC(=O)c2cc3ncccn3n2)nc1. The van der Waals surface area contributed by atoms with Crippen molar-refractivity contribution in [3.63, 3.8) is 0 Å². The second-order valence-corrected chi connectivity index (χ2v) is 4.13. The first kappa shape index (κ1) is 11.3. The first-order valence-corrected chi connectivity index (χ1v) is 5.77. The number of hydrogen-bond donors (Lipinski definition) is 1. The molecule has 0 aliphatic heterocycles. The highest BCUT2D eigenvalue weighted by Crippen LogP contribution is 2.08. The number of carbonyl (C=O) groups excluding carboxylic acids is 1. The van der Waals surface area contributed by atoms with E-state index in [1.807, 2.05) is 13.0 Å². The number of hydrogen-bond acceptors (Lipinski definition) is 4. The van der Waals surface area contributed by atoms with Gasteiger partial charge in [0.15, 0.2) is 11.3 Å². The third kappa shape index (κ3) is 2.28. The predicted molar refractivity (Wildman–Crippen MR) is 69.9 cm³/mol. The van der Waals surface area contributed by atoms with Crippen LogP contribution in [0.3, 0.4) is 0 Å². The molecule has 1 amide bonds. The lowest BCUT2D eigenvalue weighted by Gasteiger charge is -2.01. The number of fused-ring (bicyclic) bond motifs is 1. The van der Waals surface area contributed by atoms with Gasteiger partial charge in [-0.15, -0.1) is 0 Å². The Kier molecular flexibility index (Phi) is 2.68. The van der Waals surface area contributed by atoms with Crippen molar-refractivity contribution in [1.82, 2.24) is 19.6 Å². The Hall–Kier alpha value is -2.76. The van der Waals surface area contributed by atoms with Crippen LogP contribution in [0.1, 0.15) is 16.1 Å². The molecule has 3 rings (SSSR count). The van der Waals surface area contributed by atoms with Crippen molar-refractivity contribution < 1.29 is 4.79 Å². The van der Waals surface area contributed by atoms with E-state index in [-0.39, 0.29) is 5.91 Å². The first-order valence-electron chi connectivity index (χ1n) is 5.77. The number of carbonyl (C=O) groups is 1. The van der Waals surface area contributed by atoms with E-state index in [1.165, 1.54) is 0 Å². The Balaban J connectivity index is 1.85. The van der Waals surface area contributed by atoms with Crippen molar-refractivity contribution in [2.45, 2.75) is 6.92 Å². The van der Waals surface area contributed by atoms with Gasteiger partial charge in [-0.05, 0) is 24.6 Å². The van der Waals surface area contributed by atoms with Crippen LogP contribution in [0.4, 0.5) is 5.82 Å². The number of nitrogens with one attached hydrogen (secondary N) is 1. The topological polar surface area (TPSA) is 72.2 Å². The lowest BCUT2D eigenvalue weighted by Crippen LogP contribution is -2.13. The molecule has 3 aromatic heterocycles. The summed E-state index contributed by atoms with van der Waals surface area (Å²) >= 11 is 0. The number of amides is 1. The highest BCUT2D eigenvalue weighted by atomic mass is 16.2. The maximum Gasteiger partial charge on any atom is 0.277 e. The van der Waals surface area contributed by atoms with Crippen molar-refractivity contribution in [1.29, 1.82) is 0 Å². The Morgan fingerprint density at radius 2 is 2.21 bits per heavy atom. The van der Waals surface area contributed by atoms with Gasteiger partial charge >= 0.3 is 0 Å². The maximum atomic E-state index is 12.0. The van der Waals surface area contributed by atoms with Gasteiger partial charge in [0.25, 0.3) is 5.91 Å². The van der Waals surface area contributed by atoms with E-state index in [9.17, 15) is 4.79 Å². The van der Waals surface area contributed by atoms with E-state index in [2.05, 4.69) is 20.4 Å².